The average Bonchev–Trinajstić information content (AvgIpc) is 2.17. The second-order valence-electron chi connectivity index (χ2n) is 4.76. The Kier molecular flexibility index (Phi) is 7.01. The van der Waals surface area contributed by atoms with Crippen LogP contribution >= 0.6 is 0 Å². The minimum atomic E-state index is -0.167. The van der Waals surface area contributed by atoms with Gasteiger partial charge in [0.05, 0.1) is 0 Å². The summed E-state index contributed by atoms with van der Waals surface area (Å²) in [5, 5.41) is 2.14. The summed E-state index contributed by atoms with van der Waals surface area (Å²) in [6, 6.07) is 0. The SMILES string of the molecule is CCC(C)(C)CCCCCC(=O)NC=O. The van der Waals surface area contributed by atoms with Crippen molar-refractivity contribution in [2.45, 2.75) is 59.3 Å². The lowest BCUT2D eigenvalue weighted by atomic mass is 9.84. The topological polar surface area (TPSA) is 46.2 Å². The molecule has 0 heterocycles. The van der Waals surface area contributed by atoms with E-state index in [1.165, 1.54) is 12.8 Å². The third kappa shape index (κ3) is 8.16. The molecule has 0 saturated heterocycles. The van der Waals surface area contributed by atoms with Gasteiger partial charge >= 0.3 is 0 Å². The van der Waals surface area contributed by atoms with Crippen LogP contribution in [0.4, 0.5) is 0 Å². The Hall–Kier alpha value is -0.860. The second kappa shape index (κ2) is 7.43. The van der Waals surface area contributed by atoms with Gasteiger partial charge in [-0.05, 0) is 18.3 Å². The summed E-state index contributed by atoms with van der Waals surface area (Å²) < 4.78 is 0. The third-order valence-electron chi connectivity index (χ3n) is 2.93. The molecule has 3 nitrogen and oxygen atoms in total. The molecule has 1 N–H and O–H groups in total. The maximum Gasteiger partial charge on any atom is 0.226 e. The molecule has 0 atom stereocenters. The minimum absolute atomic E-state index is 0.167. The first kappa shape index (κ1) is 14.1. The van der Waals surface area contributed by atoms with Crippen molar-refractivity contribution in [1.82, 2.24) is 5.32 Å². The van der Waals surface area contributed by atoms with E-state index >= 15 is 0 Å². The van der Waals surface area contributed by atoms with Crippen molar-refractivity contribution in [2.24, 2.45) is 5.41 Å². The molecule has 0 unspecified atom stereocenters. The lowest BCUT2D eigenvalue weighted by Crippen LogP contribution is -2.20. The molecule has 3 heteroatoms. The number of nitrogens with one attached hydrogen (secondary N) is 1. The largest absolute Gasteiger partial charge is 0.299 e. The molecule has 0 aliphatic rings. The summed E-state index contributed by atoms with van der Waals surface area (Å²) >= 11 is 0. The smallest absolute Gasteiger partial charge is 0.226 e. The Morgan fingerprint density at radius 2 is 1.93 bits per heavy atom. The lowest BCUT2D eigenvalue weighted by molar-refractivity contribution is -0.125. The molecule has 0 bridgehead atoms. The molecule has 0 spiro atoms. The first-order chi connectivity index (χ1) is 7.02. The fourth-order valence-electron chi connectivity index (χ4n) is 1.38. The van der Waals surface area contributed by atoms with Gasteiger partial charge in [0.15, 0.2) is 0 Å². The maximum absolute atomic E-state index is 10.9. The highest BCUT2D eigenvalue weighted by molar-refractivity contribution is 5.85. The monoisotopic (exact) mass is 213 g/mol. The Balaban J connectivity index is 3.39. The molecular formula is C12H23NO2. The molecule has 0 fully saturated rings. The van der Waals surface area contributed by atoms with Crippen LogP contribution in [0.5, 0.6) is 0 Å². The highest BCUT2D eigenvalue weighted by atomic mass is 16.2. The van der Waals surface area contributed by atoms with Crippen LogP contribution < -0.4 is 5.32 Å². The first-order valence-electron chi connectivity index (χ1n) is 5.75. The van der Waals surface area contributed by atoms with Crippen LogP contribution in [0.25, 0.3) is 0 Å². The summed E-state index contributed by atoms with van der Waals surface area (Å²) in [5.41, 5.74) is 0.422. The standard InChI is InChI=1S/C12H23NO2/c1-4-12(2,3)9-7-5-6-8-11(15)13-10-14/h10H,4-9H2,1-3H3,(H,13,14,15). The molecule has 0 aromatic heterocycles. The summed E-state index contributed by atoms with van der Waals surface area (Å²) in [4.78, 5) is 20.9. The summed E-state index contributed by atoms with van der Waals surface area (Å²) in [6.07, 6.45) is 6.41. The molecule has 0 rings (SSSR count). The lowest BCUT2D eigenvalue weighted by Gasteiger charge is -2.22. The Morgan fingerprint density at radius 1 is 1.27 bits per heavy atom. The molecule has 2 amide bonds. The van der Waals surface area contributed by atoms with Gasteiger partial charge in [0.2, 0.25) is 12.3 Å². The van der Waals surface area contributed by atoms with Crippen molar-refractivity contribution in [1.29, 1.82) is 0 Å². The molecule has 15 heavy (non-hydrogen) atoms. The van der Waals surface area contributed by atoms with E-state index < -0.39 is 0 Å². The molecule has 0 aliphatic carbocycles. The quantitative estimate of drug-likeness (QED) is 0.497. The number of hydrogen-bond donors (Lipinski definition) is 1. The number of carbonyl (C=O) groups excluding carboxylic acids is 2. The van der Waals surface area contributed by atoms with Gasteiger partial charge < -0.3 is 0 Å². The number of carbonyl (C=O) groups is 2. The molecular weight excluding hydrogens is 190 g/mol. The van der Waals surface area contributed by atoms with Crippen molar-refractivity contribution in [3.05, 3.63) is 0 Å². The van der Waals surface area contributed by atoms with Gasteiger partial charge in [-0.2, -0.15) is 0 Å². The summed E-state index contributed by atoms with van der Waals surface area (Å²) in [7, 11) is 0. The molecule has 0 aromatic carbocycles. The zero-order chi connectivity index (χ0) is 11.7. The molecule has 0 radical (unpaired) electrons. The zero-order valence-corrected chi connectivity index (χ0v) is 10.1. The van der Waals surface area contributed by atoms with Crippen molar-refractivity contribution < 1.29 is 9.59 Å². The maximum atomic E-state index is 10.9. The first-order valence-corrected chi connectivity index (χ1v) is 5.75. The Bertz CT molecular complexity index is 200. The van der Waals surface area contributed by atoms with Crippen LogP contribution in [-0.4, -0.2) is 12.3 Å². The van der Waals surface area contributed by atoms with Crippen LogP contribution in [0.1, 0.15) is 59.3 Å². The second-order valence-corrected chi connectivity index (χ2v) is 4.76. The predicted molar refractivity (Wildman–Crippen MR) is 61.4 cm³/mol. The van der Waals surface area contributed by atoms with Gasteiger partial charge in [-0.3, -0.25) is 14.9 Å². The number of amides is 2. The van der Waals surface area contributed by atoms with Gasteiger partial charge in [0.25, 0.3) is 0 Å². The highest BCUT2D eigenvalue weighted by Gasteiger charge is 2.13. The van der Waals surface area contributed by atoms with Crippen LogP contribution in [-0.2, 0) is 9.59 Å². The van der Waals surface area contributed by atoms with Crippen LogP contribution in [0.2, 0.25) is 0 Å². The average molecular weight is 213 g/mol. The van der Waals surface area contributed by atoms with E-state index in [4.69, 9.17) is 0 Å². The van der Waals surface area contributed by atoms with Crippen LogP contribution in [0, 0.1) is 5.41 Å². The van der Waals surface area contributed by atoms with E-state index in [0.717, 1.165) is 19.3 Å². The minimum Gasteiger partial charge on any atom is -0.299 e. The fraction of sp³-hybridized carbons (Fsp3) is 0.833. The molecule has 88 valence electrons. The van der Waals surface area contributed by atoms with Gasteiger partial charge in [0, 0.05) is 6.42 Å². The summed E-state index contributed by atoms with van der Waals surface area (Å²) in [5.74, 6) is -0.167. The van der Waals surface area contributed by atoms with Crippen molar-refractivity contribution >= 4 is 12.3 Å². The highest BCUT2D eigenvalue weighted by Crippen LogP contribution is 2.27. The Labute approximate surface area is 92.6 Å². The predicted octanol–water partition coefficient (Wildman–Crippen LogP) is 2.65. The van der Waals surface area contributed by atoms with E-state index in [1.54, 1.807) is 0 Å². The van der Waals surface area contributed by atoms with Gasteiger partial charge in [-0.25, -0.2) is 0 Å². The van der Waals surface area contributed by atoms with Crippen LogP contribution in [0.15, 0.2) is 0 Å². The van der Waals surface area contributed by atoms with Crippen molar-refractivity contribution in [2.75, 3.05) is 0 Å². The van der Waals surface area contributed by atoms with E-state index in [1.807, 2.05) is 0 Å². The van der Waals surface area contributed by atoms with E-state index in [2.05, 4.69) is 26.1 Å². The number of imide groups is 1. The molecule has 0 aliphatic heterocycles. The summed E-state index contributed by atoms with van der Waals surface area (Å²) in [6.45, 7) is 6.75. The van der Waals surface area contributed by atoms with E-state index in [-0.39, 0.29) is 5.91 Å². The Morgan fingerprint density at radius 3 is 2.47 bits per heavy atom. The third-order valence-corrected chi connectivity index (χ3v) is 2.93. The van der Waals surface area contributed by atoms with Gasteiger partial charge in [0.1, 0.15) is 0 Å². The van der Waals surface area contributed by atoms with Crippen molar-refractivity contribution in [3.63, 3.8) is 0 Å². The van der Waals surface area contributed by atoms with Crippen molar-refractivity contribution in [3.8, 4) is 0 Å². The molecule has 0 aromatic rings. The van der Waals surface area contributed by atoms with Crippen LogP contribution in [0.3, 0.4) is 0 Å². The van der Waals surface area contributed by atoms with E-state index in [9.17, 15) is 9.59 Å². The van der Waals surface area contributed by atoms with Gasteiger partial charge in [-0.1, -0.05) is 40.0 Å². The molecule has 0 saturated carbocycles. The number of hydrogen-bond acceptors (Lipinski definition) is 2. The number of unbranched alkanes of at least 4 members (excludes halogenated alkanes) is 2. The zero-order valence-electron chi connectivity index (χ0n) is 10.1. The normalized spacial score (nSPS) is 11.1. The number of rotatable bonds is 8. The fourth-order valence-corrected chi connectivity index (χ4v) is 1.38. The van der Waals surface area contributed by atoms with Gasteiger partial charge in [-0.15, -0.1) is 0 Å². The van der Waals surface area contributed by atoms with E-state index in [0.29, 0.717) is 18.2 Å².